The Balaban J connectivity index is 2.31. The van der Waals surface area contributed by atoms with Crippen molar-refractivity contribution in [3.05, 3.63) is 24.0 Å². The third kappa shape index (κ3) is 3.60. The van der Waals surface area contributed by atoms with Crippen molar-refractivity contribution >= 4 is 10.0 Å². The first kappa shape index (κ1) is 15.9. The van der Waals surface area contributed by atoms with E-state index in [-0.39, 0.29) is 17.5 Å². The summed E-state index contributed by atoms with van der Waals surface area (Å²) < 4.78 is 27.0. The van der Waals surface area contributed by atoms with Crippen LogP contribution in [0.2, 0.25) is 0 Å². The minimum absolute atomic E-state index is 0.0625. The molecule has 1 fully saturated rings. The molecule has 1 aromatic heterocycles. The van der Waals surface area contributed by atoms with Crippen LogP contribution < -0.4 is 5.73 Å². The number of hydrogen-bond acceptors (Lipinski definition) is 5. The number of piperazine rings is 1. The van der Waals surface area contributed by atoms with Crippen LogP contribution in [0.5, 0.6) is 0 Å². The van der Waals surface area contributed by atoms with Crippen molar-refractivity contribution in [2.45, 2.75) is 17.9 Å². The highest BCUT2D eigenvalue weighted by Crippen LogP contribution is 2.20. The van der Waals surface area contributed by atoms with E-state index in [1.165, 1.54) is 16.7 Å². The molecule has 7 heteroatoms. The van der Waals surface area contributed by atoms with Crippen molar-refractivity contribution in [3.63, 3.8) is 0 Å². The molecule has 0 bridgehead atoms. The second-order valence-electron chi connectivity index (χ2n) is 5.14. The molecule has 21 heavy (non-hydrogen) atoms. The smallest absolute Gasteiger partial charge is 0.244 e. The summed E-state index contributed by atoms with van der Waals surface area (Å²) in [4.78, 5) is 6.29. The summed E-state index contributed by atoms with van der Waals surface area (Å²) in [6.07, 6.45) is 2.91. The Bertz CT molecular complexity index is 663. The molecule has 0 saturated carbocycles. The molecule has 0 radical (unpaired) electrons. The molecule has 1 saturated heterocycles. The van der Waals surface area contributed by atoms with Gasteiger partial charge in [0.1, 0.15) is 4.90 Å². The maximum atomic E-state index is 12.7. The molecule has 1 atom stereocenters. The van der Waals surface area contributed by atoms with Gasteiger partial charge in [-0.1, -0.05) is 11.8 Å². The van der Waals surface area contributed by atoms with Crippen LogP contribution in [-0.2, 0) is 10.0 Å². The molecule has 0 amide bonds. The van der Waals surface area contributed by atoms with Gasteiger partial charge in [0.2, 0.25) is 10.0 Å². The number of likely N-dealkylation sites (N-methyl/N-ethyl adjacent to an activating group) is 1. The van der Waals surface area contributed by atoms with E-state index in [0.717, 1.165) is 13.1 Å². The summed E-state index contributed by atoms with van der Waals surface area (Å²) in [6.45, 7) is 4.08. The fraction of sp³-hybridized carbons (Fsp3) is 0.500. The molecule has 2 rings (SSSR count). The predicted molar refractivity (Wildman–Crippen MR) is 81.0 cm³/mol. The molecule has 0 aliphatic carbocycles. The molecule has 0 aromatic carbocycles. The number of pyridine rings is 1. The number of sulfonamides is 1. The highest BCUT2D eigenvalue weighted by molar-refractivity contribution is 7.89. The standard InChI is InChI=1S/C14H20N4O2S/c1-12-11-17(2)6-7-18(12)21(19,20)14-8-13(4-3-5-15)9-16-10-14/h8-10,12H,5-7,11,15H2,1-2H3. The Morgan fingerprint density at radius 1 is 1.43 bits per heavy atom. The molecule has 1 aliphatic heterocycles. The number of aromatic nitrogens is 1. The number of hydrogen-bond donors (Lipinski definition) is 1. The van der Waals surface area contributed by atoms with E-state index in [4.69, 9.17) is 5.73 Å². The van der Waals surface area contributed by atoms with Gasteiger partial charge in [0, 0.05) is 43.6 Å². The van der Waals surface area contributed by atoms with Crippen LogP contribution in [0.25, 0.3) is 0 Å². The molecule has 114 valence electrons. The summed E-state index contributed by atoms with van der Waals surface area (Å²) in [5, 5.41) is 0. The molecular weight excluding hydrogens is 288 g/mol. The Morgan fingerprint density at radius 3 is 2.86 bits per heavy atom. The lowest BCUT2D eigenvalue weighted by molar-refractivity contribution is 0.170. The van der Waals surface area contributed by atoms with Crippen LogP contribution in [0.1, 0.15) is 12.5 Å². The largest absolute Gasteiger partial charge is 0.320 e. The zero-order chi connectivity index (χ0) is 15.5. The minimum Gasteiger partial charge on any atom is -0.320 e. The maximum Gasteiger partial charge on any atom is 0.244 e. The highest BCUT2D eigenvalue weighted by atomic mass is 32.2. The fourth-order valence-electron chi connectivity index (χ4n) is 2.40. The van der Waals surface area contributed by atoms with Gasteiger partial charge in [-0.2, -0.15) is 4.31 Å². The van der Waals surface area contributed by atoms with Gasteiger partial charge >= 0.3 is 0 Å². The molecule has 0 spiro atoms. The van der Waals surface area contributed by atoms with E-state index in [0.29, 0.717) is 12.1 Å². The van der Waals surface area contributed by atoms with Gasteiger partial charge in [0.15, 0.2) is 0 Å². The van der Waals surface area contributed by atoms with Crippen molar-refractivity contribution in [3.8, 4) is 11.8 Å². The van der Waals surface area contributed by atoms with E-state index in [1.807, 2.05) is 14.0 Å². The molecule has 1 aliphatic rings. The second kappa shape index (κ2) is 6.54. The third-order valence-electron chi connectivity index (χ3n) is 3.42. The Hall–Kier alpha value is -1.46. The average Bonchev–Trinajstić information content (AvgIpc) is 2.45. The zero-order valence-electron chi connectivity index (χ0n) is 12.3. The van der Waals surface area contributed by atoms with Crippen molar-refractivity contribution in [2.75, 3.05) is 33.2 Å². The number of nitrogens with zero attached hydrogens (tertiary/aromatic N) is 3. The van der Waals surface area contributed by atoms with Crippen molar-refractivity contribution in [1.29, 1.82) is 0 Å². The van der Waals surface area contributed by atoms with Gasteiger partial charge in [-0.05, 0) is 20.0 Å². The lowest BCUT2D eigenvalue weighted by Crippen LogP contribution is -2.52. The van der Waals surface area contributed by atoms with E-state index in [2.05, 4.69) is 21.7 Å². The Kier molecular flexibility index (Phi) is 4.96. The topological polar surface area (TPSA) is 79.5 Å². The second-order valence-corrected chi connectivity index (χ2v) is 7.03. The average molecular weight is 308 g/mol. The molecule has 6 nitrogen and oxygen atoms in total. The van der Waals surface area contributed by atoms with Crippen LogP contribution in [0.15, 0.2) is 23.4 Å². The zero-order valence-corrected chi connectivity index (χ0v) is 13.1. The fourth-order valence-corrected chi connectivity index (χ4v) is 4.00. The lowest BCUT2D eigenvalue weighted by atomic mass is 10.2. The van der Waals surface area contributed by atoms with E-state index in [1.54, 1.807) is 6.07 Å². The van der Waals surface area contributed by atoms with Crippen LogP contribution in [0, 0.1) is 11.8 Å². The van der Waals surface area contributed by atoms with Gasteiger partial charge in [-0.25, -0.2) is 8.42 Å². The van der Waals surface area contributed by atoms with Crippen molar-refractivity contribution < 1.29 is 8.42 Å². The monoisotopic (exact) mass is 308 g/mol. The lowest BCUT2D eigenvalue weighted by Gasteiger charge is -2.37. The van der Waals surface area contributed by atoms with Crippen LogP contribution in [-0.4, -0.2) is 61.9 Å². The first-order valence-electron chi connectivity index (χ1n) is 6.79. The Morgan fingerprint density at radius 2 is 2.19 bits per heavy atom. The molecular formula is C14H20N4O2S. The SMILES string of the molecule is CC1CN(C)CCN1S(=O)(=O)c1cncc(C#CCN)c1. The van der Waals surface area contributed by atoms with Crippen molar-refractivity contribution in [1.82, 2.24) is 14.2 Å². The first-order valence-corrected chi connectivity index (χ1v) is 8.23. The third-order valence-corrected chi connectivity index (χ3v) is 5.40. The quantitative estimate of drug-likeness (QED) is 0.760. The summed E-state index contributed by atoms with van der Waals surface area (Å²) in [5.74, 6) is 5.51. The first-order chi connectivity index (χ1) is 9.95. The number of nitrogens with two attached hydrogens (primary N) is 1. The normalized spacial score (nSPS) is 20.8. The summed E-state index contributed by atoms with van der Waals surface area (Å²) in [5.41, 5.74) is 5.88. The molecule has 1 unspecified atom stereocenters. The van der Waals surface area contributed by atoms with Crippen LogP contribution >= 0.6 is 0 Å². The summed E-state index contributed by atoms with van der Waals surface area (Å²) >= 11 is 0. The van der Waals surface area contributed by atoms with E-state index in [9.17, 15) is 8.42 Å². The van der Waals surface area contributed by atoms with Gasteiger partial charge in [0.05, 0.1) is 6.54 Å². The van der Waals surface area contributed by atoms with Crippen molar-refractivity contribution in [2.24, 2.45) is 5.73 Å². The van der Waals surface area contributed by atoms with Gasteiger partial charge in [0.25, 0.3) is 0 Å². The molecule has 2 heterocycles. The minimum atomic E-state index is -3.54. The maximum absolute atomic E-state index is 12.7. The van der Waals surface area contributed by atoms with Gasteiger partial charge in [-0.3, -0.25) is 4.98 Å². The molecule has 1 aromatic rings. The predicted octanol–water partition coefficient (Wildman–Crippen LogP) is -0.284. The summed E-state index contributed by atoms with van der Waals surface area (Å²) in [6, 6.07) is 1.49. The van der Waals surface area contributed by atoms with Crippen LogP contribution in [0.4, 0.5) is 0 Å². The summed E-state index contributed by atoms with van der Waals surface area (Å²) in [7, 11) is -1.55. The van der Waals surface area contributed by atoms with E-state index >= 15 is 0 Å². The highest BCUT2D eigenvalue weighted by Gasteiger charge is 2.32. The Labute approximate surface area is 126 Å². The van der Waals surface area contributed by atoms with Gasteiger partial charge < -0.3 is 10.6 Å². The molecule has 2 N–H and O–H groups in total. The van der Waals surface area contributed by atoms with E-state index < -0.39 is 10.0 Å². The van der Waals surface area contributed by atoms with Gasteiger partial charge in [-0.15, -0.1) is 0 Å². The number of rotatable bonds is 2. The van der Waals surface area contributed by atoms with Crippen LogP contribution in [0.3, 0.4) is 0 Å².